The van der Waals surface area contributed by atoms with Crippen molar-refractivity contribution in [3.05, 3.63) is 60.3 Å². The standard InChI is InChI=1S/C20H26N6O2S/c1-3-4-10-17-11-26(23-22-17)19-13-25(12-18(19)16-8-6-5-7-9-16)29(27,28)20-14-24(2)15-21-20/h5-9,11,14-15,18-19H,3-4,10,12-13H2,1-2H3/t18-,19+/m1/s1. The summed E-state index contributed by atoms with van der Waals surface area (Å²) in [6, 6.07) is 9.91. The van der Waals surface area contributed by atoms with Crippen LogP contribution in [0.25, 0.3) is 0 Å². The van der Waals surface area contributed by atoms with Crippen LogP contribution < -0.4 is 0 Å². The molecule has 0 bridgehead atoms. The lowest BCUT2D eigenvalue weighted by atomic mass is 9.94. The van der Waals surface area contributed by atoms with Crippen LogP contribution in [0.4, 0.5) is 0 Å². The molecule has 1 saturated heterocycles. The fourth-order valence-corrected chi connectivity index (χ4v) is 5.30. The van der Waals surface area contributed by atoms with Gasteiger partial charge in [-0.15, -0.1) is 5.10 Å². The first-order valence-electron chi connectivity index (χ1n) is 9.93. The van der Waals surface area contributed by atoms with E-state index in [4.69, 9.17) is 0 Å². The van der Waals surface area contributed by atoms with Gasteiger partial charge in [-0.1, -0.05) is 48.9 Å². The van der Waals surface area contributed by atoms with Crippen LogP contribution in [0.1, 0.15) is 43.0 Å². The van der Waals surface area contributed by atoms with E-state index >= 15 is 0 Å². The number of unbranched alkanes of at least 4 members (excludes halogenated alkanes) is 1. The molecule has 0 N–H and O–H groups in total. The van der Waals surface area contributed by atoms with E-state index in [1.165, 1.54) is 10.6 Å². The Morgan fingerprint density at radius 3 is 2.62 bits per heavy atom. The van der Waals surface area contributed by atoms with E-state index in [9.17, 15) is 8.42 Å². The molecule has 2 aromatic heterocycles. The van der Waals surface area contributed by atoms with Gasteiger partial charge in [0, 0.05) is 38.4 Å². The van der Waals surface area contributed by atoms with Gasteiger partial charge in [0.1, 0.15) is 0 Å². The zero-order valence-electron chi connectivity index (χ0n) is 16.7. The maximum Gasteiger partial charge on any atom is 0.262 e. The van der Waals surface area contributed by atoms with Crippen LogP contribution in [0.15, 0.2) is 54.1 Å². The summed E-state index contributed by atoms with van der Waals surface area (Å²) in [4.78, 5) is 4.06. The summed E-state index contributed by atoms with van der Waals surface area (Å²) in [6.45, 7) is 2.87. The van der Waals surface area contributed by atoms with E-state index in [0.717, 1.165) is 30.5 Å². The SMILES string of the molecule is CCCCc1cn([C@H]2CN(S(=O)(=O)c3cn(C)cn3)C[C@@H]2c2ccccc2)nn1. The van der Waals surface area contributed by atoms with Gasteiger partial charge in [0.15, 0.2) is 5.03 Å². The molecule has 1 aliphatic rings. The van der Waals surface area contributed by atoms with Crippen LogP contribution in [0.5, 0.6) is 0 Å². The summed E-state index contributed by atoms with van der Waals surface area (Å²) >= 11 is 0. The summed E-state index contributed by atoms with van der Waals surface area (Å²) in [5.74, 6) is -0.00425. The van der Waals surface area contributed by atoms with Crippen molar-refractivity contribution in [3.8, 4) is 0 Å². The Morgan fingerprint density at radius 1 is 1.14 bits per heavy atom. The molecular formula is C20H26N6O2S. The Kier molecular flexibility index (Phi) is 5.51. The number of hydrogen-bond acceptors (Lipinski definition) is 5. The number of sulfonamides is 1. The Bertz CT molecular complexity index is 1060. The summed E-state index contributed by atoms with van der Waals surface area (Å²) < 4.78 is 31.3. The van der Waals surface area contributed by atoms with Crippen LogP contribution in [-0.2, 0) is 23.5 Å². The number of hydrogen-bond donors (Lipinski definition) is 0. The van der Waals surface area contributed by atoms with E-state index in [-0.39, 0.29) is 17.0 Å². The molecule has 1 fully saturated rings. The third-order valence-electron chi connectivity index (χ3n) is 5.45. The van der Waals surface area contributed by atoms with Crippen molar-refractivity contribution in [1.29, 1.82) is 0 Å². The monoisotopic (exact) mass is 414 g/mol. The molecule has 1 aromatic carbocycles. The maximum atomic E-state index is 13.2. The normalized spacial score (nSPS) is 20.3. The van der Waals surface area contributed by atoms with Gasteiger partial charge in [-0.25, -0.2) is 18.1 Å². The minimum absolute atomic E-state index is 0.00425. The molecule has 4 rings (SSSR count). The molecule has 0 radical (unpaired) electrons. The number of imidazole rings is 1. The van der Waals surface area contributed by atoms with Gasteiger partial charge in [-0.05, 0) is 18.4 Å². The van der Waals surface area contributed by atoms with E-state index in [1.54, 1.807) is 17.8 Å². The van der Waals surface area contributed by atoms with Crippen molar-refractivity contribution in [2.75, 3.05) is 13.1 Å². The molecule has 154 valence electrons. The molecule has 3 aromatic rings. The molecule has 29 heavy (non-hydrogen) atoms. The van der Waals surface area contributed by atoms with Gasteiger partial charge in [-0.2, -0.15) is 4.31 Å². The van der Waals surface area contributed by atoms with Gasteiger partial charge in [-0.3, -0.25) is 0 Å². The highest BCUT2D eigenvalue weighted by Crippen LogP contribution is 2.38. The van der Waals surface area contributed by atoms with E-state index in [0.29, 0.717) is 13.1 Å². The number of nitrogens with zero attached hydrogens (tertiary/aromatic N) is 6. The fourth-order valence-electron chi connectivity index (χ4n) is 3.85. The molecular weight excluding hydrogens is 388 g/mol. The quantitative estimate of drug-likeness (QED) is 0.593. The van der Waals surface area contributed by atoms with E-state index in [2.05, 4.69) is 22.2 Å². The van der Waals surface area contributed by atoms with Crippen molar-refractivity contribution >= 4 is 10.0 Å². The zero-order chi connectivity index (χ0) is 20.4. The Morgan fingerprint density at radius 2 is 1.93 bits per heavy atom. The Hall–Kier alpha value is -2.52. The molecule has 3 heterocycles. The summed E-state index contributed by atoms with van der Waals surface area (Å²) in [7, 11) is -1.90. The molecule has 2 atom stereocenters. The molecule has 0 spiro atoms. The summed E-state index contributed by atoms with van der Waals surface area (Å²) in [5, 5.41) is 8.73. The van der Waals surface area contributed by atoms with Crippen LogP contribution >= 0.6 is 0 Å². The topological polar surface area (TPSA) is 85.9 Å². The molecule has 0 aliphatic carbocycles. The smallest absolute Gasteiger partial charge is 0.262 e. The molecule has 1 aliphatic heterocycles. The average Bonchev–Trinajstić information content (AvgIpc) is 3.46. The van der Waals surface area contributed by atoms with Gasteiger partial charge < -0.3 is 4.57 Å². The molecule has 0 saturated carbocycles. The second-order valence-corrected chi connectivity index (χ2v) is 9.46. The highest BCUT2D eigenvalue weighted by Gasteiger charge is 2.42. The second-order valence-electron chi connectivity index (χ2n) is 7.58. The van der Waals surface area contributed by atoms with Gasteiger partial charge in [0.25, 0.3) is 10.0 Å². The molecule has 0 unspecified atom stereocenters. The van der Waals surface area contributed by atoms with Crippen LogP contribution in [0.2, 0.25) is 0 Å². The number of aryl methyl sites for hydroxylation is 2. The first-order chi connectivity index (χ1) is 14.0. The van der Waals surface area contributed by atoms with Crippen LogP contribution in [0, 0.1) is 0 Å². The molecule has 9 heteroatoms. The van der Waals surface area contributed by atoms with Gasteiger partial charge in [0.2, 0.25) is 0 Å². The van der Waals surface area contributed by atoms with Crippen molar-refractivity contribution in [1.82, 2.24) is 28.9 Å². The van der Waals surface area contributed by atoms with Crippen molar-refractivity contribution in [2.24, 2.45) is 7.05 Å². The van der Waals surface area contributed by atoms with Gasteiger partial charge in [0.05, 0.1) is 18.1 Å². The first-order valence-corrected chi connectivity index (χ1v) is 11.4. The number of aromatic nitrogens is 5. The average molecular weight is 415 g/mol. The Balaban J connectivity index is 1.66. The van der Waals surface area contributed by atoms with Crippen LogP contribution in [0.3, 0.4) is 0 Å². The third-order valence-corrected chi connectivity index (χ3v) is 7.17. The summed E-state index contributed by atoms with van der Waals surface area (Å²) in [6.07, 6.45) is 8.05. The number of benzene rings is 1. The summed E-state index contributed by atoms with van der Waals surface area (Å²) in [5.41, 5.74) is 2.05. The predicted molar refractivity (Wildman–Crippen MR) is 109 cm³/mol. The highest BCUT2D eigenvalue weighted by atomic mass is 32.2. The fraction of sp³-hybridized carbons (Fsp3) is 0.450. The zero-order valence-corrected chi connectivity index (χ0v) is 17.5. The Labute approximate surface area is 171 Å². The molecule has 0 amide bonds. The van der Waals surface area contributed by atoms with E-state index < -0.39 is 10.0 Å². The lowest BCUT2D eigenvalue weighted by Gasteiger charge is -2.18. The highest BCUT2D eigenvalue weighted by molar-refractivity contribution is 7.89. The lowest BCUT2D eigenvalue weighted by molar-refractivity contribution is 0.416. The minimum atomic E-state index is -3.67. The van der Waals surface area contributed by atoms with Crippen molar-refractivity contribution < 1.29 is 8.42 Å². The van der Waals surface area contributed by atoms with Crippen molar-refractivity contribution in [3.63, 3.8) is 0 Å². The van der Waals surface area contributed by atoms with Crippen LogP contribution in [-0.4, -0.2) is 50.4 Å². The second kappa shape index (κ2) is 8.08. The number of rotatable bonds is 7. The predicted octanol–water partition coefficient (Wildman–Crippen LogP) is 2.38. The maximum absolute atomic E-state index is 13.2. The lowest BCUT2D eigenvalue weighted by Crippen LogP contribution is -2.29. The third kappa shape index (κ3) is 3.97. The largest absolute Gasteiger partial charge is 0.339 e. The minimum Gasteiger partial charge on any atom is -0.339 e. The van der Waals surface area contributed by atoms with E-state index in [1.807, 2.05) is 41.2 Å². The van der Waals surface area contributed by atoms with Crippen molar-refractivity contribution in [2.45, 2.75) is 43.2 Å². The molecule has 8 nitrogen and oxygen atoms in total. The van der Waals surface area contributed by atoms with Gasteiger partial charge >= 0.3 is 0 Å². The first kappa shape index (κ1) is 19.8.